The molecule has 21 heavy (non-hydrogen) atoms. The average Bonchev–Trinajstić information content (AvgIpc) is 3.08. The predicted molar refractivity (Wildman–Crippen MR) is 82.6 cm³/mol. The molecule has 0 saturated heterocycles. The van der Waals surface area contributed by atoms with Crippen LogP contribution in [0.4, 0.5) is 5.82 Å². The van der Waals surface area contributed by atoms with Gasteiger partial charge in [-0.15, -0.1) is 11.3 Å². The molecule has 0 fully saturated rings. The van der Waals surface area contributed by atoms with Crippen LogP contribution in [0.1, 0.15) is 23.8 Å². The van der Waals surface area contributed by atoms with Gasteiger partial charge in [-0.1, -0.05) is 11.2 Å². The van der Waals surface area contributed by atoms with Gasteiger partial charge in [-0.2, -0.15) is 0 Å². The van der Waals surface area contributed by atoms with Crippen molar-refractivity contribution < 1.29 is 9.63 Å². The van der Waals surface area contributed by atoms with Gasteiger partial charge in [0.1, 0.15) is 11.5 Å². The first-order chi connectivity index (χ1) is 10.1. The van der Waals surface area contributed by atoms with Crippen molar-refractivity contribution in [1.29, 1.82) is 0 Å². The van der Waals surface area contributed by atoms with Crippen LogP contribution in [0.15, 0.2) is 41.0 Å². The number of rotatable bonds is 3. The summed E-state index contributed by atoms with van der Waals surface area (Å²) in [5, 5.41) is 8.82. The molecule has 0 spiro atoms. The summed E-state index contributed by atoms with van der Waals surface area (Å²) in [6.07, 6.45) is 2.11. The van der Waals surface area contributed by atoms with Crippen LogP contribution in [-0.2, 0) is 9.63 Å². The fraction of sp³-hybridized carbons (Fsp3) is 0.267. The third-order valence-electron chi connectivity index (χ3n) is 3.31. The highest BCUT2D eigenvalue weighted by molar-refractivity contribution is 7.12. The molecule has 108 valence electrons. The second-order valence-corrected chi connectivity index (χ2v) is 6.13. The first-order valence-corrected chi connectivity index (χ1v) is 7.48. The molecule has 0 saturated carbocycles. The van der Waals surface area contributed by atoms with Crippen LogP contribution in [0.5, 0.6) is 0 Å². The number of nitrogens with one attached hydrogen (secondary N) is 1. The fourth-order valence-electron chi connectivity index (χ4n) is 2.09. The molecular formula is C15H15N3O2S. The predicted octanol–water partition coefficient (Wildman–Crippen LogP) is 2.97. The van der Waals surface area contributed by atoms with E-state index in [0.717, 1.165) is 16.2 Å². The summed E-state index contributed by atoms with van der Waals surface area (Å²) in [4.78, 5) is 23.0. The van der Waals surface area contributed by atoms with Crippen LogP contribution in [0.25, 0.3) is 0 Å². The van der Waals surface area contributed by atoms with E-state index in [1.807, 2.05) is 36.6 Å². The number of hydrogen-bond acceptors (Lipinski definition) is 5. The maximum atomic E-state index is 12.4. The molecule has 3 rings (SSSR count). The van der Waals surface area contributed by atoms with Crippen molar-refractivity contribution in [3.63, 3.8) is 0 Å². The van der Waals surface area contributed by atoms with Gasteiger partial charge in [-0.25, -0.2) is 4.98 Å². The number of anilines is 1. The number of aromatic nitrogens is 1. The number of amides is 1. The van der Waals surface area contributed by atoms with E-state index in [1.165, 1.54) is 0 Å². The molecule has 0 aliphatic carbocycles. The number of oxime groups is 1. The van der Waals surface area contributed by atoms with Crippen LogP contribution < -0.4 is 5.32 Å². The van der Waals surface area contributed by atoms with Gasteiger partial charge in [0, 0.05) is 12.6 Å². The average molecular weight is 301 g/mol. The molecule has 0 bridgehead atoms. The Hall–Kier alpha value is -2.21. The maximum Gasteiger partial charge on any atom is 0.272 e. The highest BCUT2D eigenvalue weighted by Gasteiger charge is 2.42. The molecule has 2 aromatic rings. The van der Waals surface area contributed by atoms with Crippen molar-refractivity contribution in [2.45, 2.75) is 25.9 Å². The molecule has 1 aliphatic heterocycles. The van der Waals surface area contributed by atoms with E-state index in [1.54, 1.807) is 24.5 Å². The summed E-state index contributed by atoms with van der Waals surface area (Å²) < 4.78 is 0. The zero-order valence-electron chi connectivity index (χ0n) is 11.8. The molecule has 0 aromatic carbocycles. The number of carbonyl (C=O) groups is 1. The van der Waals surface area contributed by atoms with Gasteiger partial charge >= 0.3 is 0 Å². The Labute approximate surface area is 126 Å². The summed E-state index contributed by atoms with van der Waals surface area (Å²) >= 11 is 1.58. The standard InChI is InChI=1S/C15H15N3O2S/c1-10-5-6-16-13(8-10)17-14(19)15(2)9-11(18-20-15)12-4-3-7-21-12/h3-8H,9H2,1-2H3,(H,16,17,19)/t15-/m1/s1. The molecule has 0 radical (unpaired) electrons. The molecule has 6 heteroatoms. The molecule has 1 atom stereocenters. The Morgan fingerprint density at radius 1 is 1.48 bits per heavy atom. The van der Waals surface area contributed by atoms with Crippen molar-refractivity contribution >= 4 is 28.8 Å². The van der Waals surface area contributed by atoms with Crippen molar-refractivity contribution in [3.05, 3.63) is 46.3 Å². The zero-order chi connectivity index (χ0) is 14.9. The van der Waals surface area contributed by atoms with Crippen molar-refractivity contribution in [2.75, 3.05) is 5.32 Å². The van der Waals surface area contributed by atoms with Crippen LogP contribution in [0, 0.1) is 6.92 Å². The Balaban J connectivity index is 1.71. The lowest BCUT2D eigenvalue weighted by Crippen LogP contribution is -2.40. The minimum absolute atomic E-state index is 0.240. The maximum absolute atomic E-state index is 12.4. The number of aryl methyl sites for hydroxylation is 1. The summed E-state index contributed by atoms with van der Waals surface area (Å²) in [5.41, 5.74) is 0.846. The van der Waals surface area contributed by atoms with E-state index < -0.39 is 5.60 Å². The quantitative estimate of drug-likeness (QED) is 0.948. The van der Waals surface area contributed by atoms with E-state index in [0.29, 0.717) is 12.2 Å². The molecule has 3 heterocycles. The van der Waals surface area contributed by atoms with Crippen LogP contribution in [0.2, 0.25) is 0 Å². The zero-order valence-corrected chi connectivity index (χ0v) is 12.6. The Morgan fingerprint density at radius 3 is 3.05 bits per heavy atom. The monoisotopic (exact) mass is 301 g/mol. The summed E-state index contributed by atoms with van der Waals surface area (Å²) in [7, 11) is 0. The van der Waals surface area contributed by atoms with Crippen molar-refractivity contribution in [2.24, 2.45) is 5.16 Å². The molecule has 2 aromatic heterocycles. The van der Waals surface area contributed by atoms with Gasteiger partial charge in [-0.05, 0) is 43.0 Å². The first kappa shape index (κ1) is 13.8. The molecule has 5 nitrogen and oxygen atoms in total. The van der Waals surface area contributed by atoms with Crippen molar-refractivity contribution in [3.8, 4) is 0 Å². The molecule has 1 amide bonds. The van der Waals surface area contributed by atoms with Gasteiger partial charge in [0.05, 0.1) is 4.88 Å². The van der Waals surface area contributed by atoms with E-state index >= 15 is 0 Å². The van der Waals surface area contributed by atoms with E-state index in [2.05, 4.69) is 15.5 Å². The number of thiophene rings is 1. The minimum atomic E-state index is -0.995. The topological polar surface area (TPSA) is 63.6 Å². The van der Waals surface area contributed by atoms with E-state index in [-0.39, 0.29) is 5.91 Å². The lowest BCUT2D eigenvalue weighted by Gasteiger charge is -2.20. The Morgan fingerprint density at radius 2 is 2.33 bits per heavy atom. The molecule has 1 N–H and O–H groups in total. The van der Waals surface area contributed by atoms with Crippen LogP contribution >= 0.6 is 11.3 Å². The third-order valence-corrected chi connectivity index (χ3v) is 4.22. The van der Waals surface area contributed by atoms with E-state index in [4.69, 9.17) is 4.84 Å². The lowest BCUT2D eigenvalue weighted by atomic mass is 9.98. The van der Waals surface area contributed by atoms with Crippen molar-refractivity contribution in [1.82, 2.24) is 4.98 Å². The second-order valence-electron chi connectivity index (χ2n) is 5.19. The highest BCUT2D eigenvalue weighted by atomic mass is 32.1. The molecule has 1 aliphatic rings. The first-order valence-electron chi connectivity index (χ1n) is 6.60. The van der Waals surface area contributed by atoms with Gasteiger partial charge in [0.25, 0.3) is 5.91 Å². The number of hydrogen-bond donors (Lipinski definition) is 1. The summed E-state index contributed by atoms with van der Waals surface area (Å²) in [5.74, 6) is 0.283. The fourth-order valence-corrected chi connectivity index (χ4v) is 2.80. The van der Waals surface area contributed by atoms with Gasteiger partial charge in [0.15, 0.2) is 0 Å². The highest BCUT2D eigenvalue weighted by Crippen LogP contribution is 2.29. The molecular weight excluding hydrogens is 286 g/mol. The largest absolute Gasteiger partial charge is 0.379 e. The number of pyridine rings is 1. The van der Waals surface area contributed by atoms with Crippen LogP contribution in [-0.4, -0.2) is 22.2 Å². The van der Waals surface area contributed by atoms with Gasteiger partial charge in [-0.3, -0.25) is 4.79 Å². The Kier molecular flexibility index (Phi) is 3.47. The lowest BCUT2D eigenvalue weighted by molar-refractivity contribution is -0.135. The normalized spacial score (nSPS) is 20.8. The SMILES string of the molecule is Cc1ccnc(NC(=O)[C@@]2(C)CC(c3cccs3)=NO2)c1. The number of carbonyl (C=O) groups excluding carboxylic acids is 1. The smallest absolute Gasteiger partial charge is 0.272 e. The Bertz CT molecular complexity index is 697. The van der Waals surface area contributed by atoms with Gasteiger partial charge in [0.2, 0.25) is 5.60 Å². The van der Waals surface area contributed by atoms with E-state index in [9.17, 15) is 4.79 Å². The molecule has 0 unspecified atom stereocenters. The number of nitrogens with zero attached hydrogens (tertiary/aromatic N) is 2. The summed E-state index contributed by atoms with van der Waals surface area (Å²) in [6, 6.07) is 7.62. The minimum Gasteiger partial charge on any atom is -0.379 e. The van der Waals surface area contributed by atoms with Gasteiger partial charge < -0.3 is 10.2 Å². The van der Waals surface area contributed by atoms with Crippen LogP contribution in [0.3, 0.4) is 0 Å². The third kappa shape index (κ3) is 2.80. The second kappa shape index (κ2) is 5.29. The summed E-state index contributed by atoms with van der Waals surface area (Å²) in [6.45, 7) is 3.69.